The van der Waals surface area contributed by atoms with Crippen molar-refractivity contribution in [1.82, 2.24) is 10.3 Å². The zero-order valence-corrected chi connectivity index (χ0v) is 13.5. The van der Waals surface area contributed by atoms with Gasteiger partial charge in [0.05, 0.1) is 0 Å². The fraction of sp³-hybridized carbons (Fsp3) is 0.500. The maximum Gasteiger partial charge on any atom is 0.145 e. The molecule has 0 spiro atoms. The van der Waals surface area contributed by atoms with E-state index in [0.29, 0.717) is 18.6 Å². The molecule has 2 rings (SSSR count). The Morgan fingerprint density at radius 2 is 2.00 bits per heavy atom. The first-order chi connectivity index (χ1) is 10.1. The Bertz CT molecular complexity index is 580. The highest BCUT2D eigenvalue weighted by atomic mass is 16.5. The molecule has 2 aromatic rings. The molecule has 0 bridgehead atoms. The quantitative estimate of drug-likeness (QED) is 0.837. The van der Waals surface area contributed by atoms with Gasteiger partial charge < -0.3 is 10.1 Å². The van der Waals surface area contributed by atoms with Crippen LogP contribution in [-0.4, -0.2) is 24.2 Å². The first-order valence-corrected chi connectivity index (χ1v) is 7.84. The molecule has 114 valence electrons. The van der Waals surface area contributed by atoms with Crippen molar-refractivity contribution < 1.29 is 4.74 Å². The summed E-state index contributed by atoms with van der Waals surface area (Å²) < 4.78 is 6.07. The SMILES string of the molecule is CCCNC(COc1cccc2ccc(C)nc12)C(C)C. The van der Waals surface area contributed by atoms with Crippen molar-refractivity contribution in [3.63, 3.8) is 0 Å². The van der Waals surface area contributed by atoms with Crippen LogP contribution in [0.3, 0.4) is 0 Å². The maximum atomic E-state index is 6.07. The van der Waals surface area contributed by atoms with Gasteiger partial charge in [0.2, 0.25) is 0 Å². The number of hydrogen-bond acceptors (Lipinski definition) is 3. The molecule has 0 saturated heterocycles. The Morgan fingerprint density at radius 3 is 2.71 bits per heavy atom. The Morgan fingerprint density at radius 1 is 1.19 bits per heavy atom. The lowest BCUT2D eigenvalue weighted by Gasteiger charge is -2.22. The zero-order valence-electron chi connectivity index (χ0n) is 13.5. The highest BCUT2D eigenvalue weighted by molar-refractivity contribution is 5.84. The van der Waals surface area contributed by atoms with Crippen LogP contribution in [0.5, 0.6) is 5.75 Å². The van der Waals surface area contributed by atoms with Crippen LogP contribution in [0.15, 0.2) is 30.3 Å². The fourth-order valence-electron chi connectivity index (χ4n) is 2.33. The van der Waals surface area contributed by atoms with Gasteiger partial charge in [-0.15, -0.1) is 0 Å². The van der Waals surface area contributed by atoms with Gasteiger partial charge in [-0.1, -0.05) is 39.0 Å². The number of aryl methyl sites for hydroxylation is 1. The van der Waals surface area contributed by atoms with Gasteiger partial charge in [-0.2, -0.15) is 0 Å². The molecule has 3 nitrogen and oxygen atoms in total. The maximum absolute atomic E-state index is 6.07. The molecule has 0 aliphatic heterocycles. The minimum atomic E-state index is 0.366. The number of aromatic nitrogens is 1. The summed E-state index contributed by atoms with van der Waals surface area (Å²) in [5, 5.41) is 4.68. The van der Waals surface area contributed by atoms with Crippen molar-refractivity contribution in [3.8, 4) is 5.75 Å². The van der Waals surface area contributed by atoms with E-state index in [9.17, 15) is 0 Å². The van der Waals surface area contributed by atoms with E-state index >= 15 is 0 Å². The molecule has 1 aromatic carbocycles. The van der Waals surface area contributed by atoms with Gasteiger partial charge in [-0.05, 0) is 37.9 Å². The van der Waals surface area contributed by atoms with Crippen LogP contribution < -0.4 is 10.1 Å². The molecular weight excluding hydrogens is 260 g/mol. The lowest BCUT2D eigenvalue weighted by molar-refractivity contribution is 0.232. The third-order valence-electron chi connectivity index (χ3n) is 3.70. The van der Waals surface area contributed by atoms with Crippen molar-refractivity contribution in [1.29, 1.82) is 0 Å². The lowest BCUT2D eigenvalue weighted by Crippen LogP contribution is -2.39. The standard InChI is InChI=1S/C18H26N2O/c1-5-11-19-16(13(2)3)12-21-17-8-6-7-15-10-9-14(4)20-18(15)17/h6-10,13,16,19H,5,11-12H2,1-4H3. The normalized spacial score (nSPS) is 12.8. The van der Waals surface area contributed by atoms with Crippen molar-refractivity contribution in [2.24, 2.45) is 5.92 Å². The van der Waals surface area contributed by atoms with E-state index in [1.807, 2.05) is 25.1 Å². The molecule has 1 aromatic heterocycles. The van der Waals surface area contributed by atoms with Crippen LogP contribution in [0.4, 0.5) is 0 Å². The van der Waals surface area contributed by atoms with Crippen LogP contribution in [0.1, 0.15) is 32.9 Å². The number of nitrogens with zero attached hydrogens (tertiary/aromatic N) is 1. The highest BCUT2D eigenvalue weighted by Crippen LogP contribution is 2.24. The lowest BCUT2D eigenvalue weighted by atomic mass is 10.1. The number of nitrogens with one attached hydrogen (secondary N) is 1. The van der Waals surface area contributed by atoms with Crippen molar-refractivity contribution in [2.45, 2.75) is 40.2 Å². The minimum absolute atomic E-state index is 0.366. The Labute approximate surface area is 127 Å². The van der Waals surface area contributed by atoms with Gasteiger partial charge in [0.15, 0.2) is 0 Å². The molecule has 0 fully saturated rings. The topological polar surface area (TPSA) is 34.1 Å². The second-order valence-electron chi connectivity index (χ2n) is 5.90. The summed E-state index contributed by atoms with van der Waals surface area (Å²) in [7, 11) is 0. The molecule has 1 heterocycles. The number of rotatable bonds is 7. The largest absolute Gasteiger partial charge is 0.490 e. The molecule has 0 amide bonds. The van der Waals surface area contributed by atoms with Gasteiger partial charge in [-0.3, -0.25) is 0 Å². The summed E-state index contributed by atoms with van der Waals surface area (Å²) in [5.41, 5.74) is 1.97. The van der Waals surface area contributed by atoms with Crippen LogP contribution in [0.2, 0.25) is 0 Å². The molecule has 1 atom stereocenters. The first-order valence-electron chi connectivity index (χ1n) is 7.84. The number of ether oxygens (including phenoxy) is 1. The summed E-state index contributed by atoms with van der Waals surface area (Å²) in [6.45, 7) is 10.3. The monoisotopic (exact) mass is 286 g/mol. The van der Waals surface area contributed by atoms with Gasteiger partial charge in [0.1, 0.15) is 17.9 Å². The number of para-hydroxylation sites is 1. The van der Waals surface area contributed by atoms with Crippen LogP contribution >= 0.6 is 0 Å². The summed E-state index contributed by atoms with van der Waals surface area (Å²) in [6, 6.07) is 10.6. The summed E-state index contributed by atoms with van der Waals surface area (Å²) in [4.78, 5) is 4.62. The molecule has 0 aliphatic rings. The zero-order chi connectivity index (χ0) is 15.2. The van der Waals surface area contributed by atoms with Crippen LogP contribution in [-0.2, 0) is 0 Å². The highest BCUT2D eigenvalue weighted by Gasteiger charge is 2.14. The molecule has 0 radical (unpaired) electrons. The Kier molecular flexibility index (Phi) is 5.57. The van der Waals surface area contributed by atoms with Crippen molar-refractivity contribution in [3.05, 3.63) is 36.0 Å². The number of fused-ring (bicyclic) bond motifs is 1. The van der Waals surface area contributed by atoms with Crippen LogP contribution in [0, 0.1) is 12.8 Å². The molecule has 1 N–H and O–H groups in total. The van der Waals surface area contributed by atoms with E-state index in [2.05, 4.69) is 43.2 Å². The summed E-state index contributed by atoms with van der Waals surface area (Å²) in [5.74, 6) is 1.42. The fourth-order valence-corrected chi connectivity index (χ4v) is 2.33. The smallest absolute Gasteiger partial charge is 0.145 e. The van der Waals surface area contributed by atoms with Crippen LogP contribution in [0.25, 0.3) is 10.9 Å². The molecule has 21 heavy (non-hydrogen) atoms. The average molecular weight is 286 g/mol. The Hall–Kier alpha value is -1.61. The van der Waals surface area contributed by atoms with E-state index in [4.69, 9.17) is 4.74 Å². The average Bonchev–Trinajstić information content (AvgIpc) is 2.47. The van der Waals surface area contributed by atoms with Crippen molar-refractivity contribution >= 4 is 10.9 Å². The van der Waals surface area contributed by atoms with E-state index in [1.54, 1.807) is 0 Å². The van der Waals surface area contributed by atoms with Gasteiger partial charge in [0, 0.05) is 17.1 Å². The number of benzene rings is 1. The molecule has 0 aliphatic carbocycles. The van der Waals surface area contributed by atoms with Gasteiger partial charge >= 0.3 is 0 Å². The van der Waals surface area contributed by atoms with Gasteiger partial charge in [-0.25, -0.2) is 4.98 Å². The summed E-state index contributed by atoms with van der Waals surface area (Å²) in [6.07, 6.45) is 1.14. The number of hydrogen-bond donors (Lipinski definition) is 1. The number of pyridine rings is 1. The van der Waals surface area contributed by atoms with Crippen molar-refractivity contribution in [2.75, 3.05) is 13.2 Å². The third-order valence-corrected chi connectivity index (χ3v) is 3.70. The van der Waals surface area contributed by atoms with E-state index < -0.39 is 0 Å². The minimum Gasteiger partial charge on any atom is -0.490 e. The third kappa shape index (κ3) is 4.18. The summed E-state index contributed by atoms with van der Waals surface area (Å²) >= 11 is 0. The predicted molar refractivity (Wildman–Crippen MR) is 88.9 cm³/mol. The van der Waals surface area contributed by atoms with Gasteiger partial charge in [0.25, 0.3) is 0 Å². The molecule has 3 heteroatoms. The second-order valence-corrected chi connectivity index (χ2v) is 5.90. The van der Waals surface area contributed by atoms with E-state index in [0.717, 1.165) is 35.3 Å². The molecule has 1 unspecified atom stereocenters. The van der Waals surface area contributed by atoms with E-state index in [1.165, 1.54) is 0 Å². The Balaban J connectivity index is 2.13. The predicted octanol–water partition coefficient (Wildman–Crippen LogP) is 3.95. The first kappa shape index (κ1) is 15.8. The second kappa shape index (κ2) is 7.41. The molecular formula is C18H26N2O. The molecule has 0 saturated carbocycles. The van der Waals surface area contributed by atoms with E-state index in [-0.39, 0.29) is 0 Å².